The maximum absolute atomic E-state index is 11.8. The zero-order chi connectivity index (χ0) is 14.7. The first-order valence-electron chi connectivity index (χ1n) is 6.34. The molecule has 1 heterocycles. The smallest absolute Gasteiger partial charge is 0.177 e. The Labute approximate surface area is 115 Å². The number of carboxylic acids is 1. The highest BCUT2D eigenvalue weighted by Gasteiger charge is 2.65. The van der Waals surface area contributed by atoms with Gasteiger partial charge in [-0.2, -0.15) is 10.5 Å². The summed E-state index contributed by atoms with van der Waals surface area (Å²) in [7, 11) is 0. The average Bonchev–Trinajstić information content (AvgIpc) is 2.80. The number of rotatable bonds is 1. The molecule has 2 aliphatic carbocycles. The number of carboxylic acid groups (broad SMARTS) is 1. The van der Waals surface area contributed by atoms with Gasteiger partial charge < -0.3 is 9.90 Å². The van der Waals surface area contributed by atoms with Crippen LogP contribution in [-0.2, 0) is 10.2 Å². The van der Waals surface area contributed by atoms with Gasteiger partial charge in [0.05, 0.1) is 22.8 Å². The second-order valence-corrected chi connectivity index (χ2v) is 5.88. The zero-order valence-corrected chi connectivity index (χ0v) is 11.1. The minimum Gasteiger partial charge on any atom is -0.549 e. The molecule has 0 amide bonds. The highest BCUT2D eigenvalue weighted by molar-refractivity contribution is 5.83. The SMILES string of the molecule is CC1(C)[C@@H]2CC[C@]1(C(=O)[O-])c1nc(C#N)c(C#N)nc12. The summed E-state index contributed by atoms with van der Waals surface area (Å²) in [6, 6.07) is 3.66. The Morgan fingerprint density at radius 3 is 2.45 bits per heavy atom. The summed E-state index contributed by atoms with van der Waals surface area (Å²) in [5.41, 5.74) is -1.08. The first kappa shape index (κ1) is 12.6. The largest absolute Gasteiger partial charge is 0.549 e. The van der Waals surface area contributed by atoms with Gasteiger partial charge in [-0.25, -0.2) is 9.97 Å². The maximum Gasteiger partial charge on any atom is 0.177 e. The standard InChI is InChI=1S/C14H12N4O2/c1-13(2)7-3-4-14(13,12(19)20)11-10(7)17-8(5-15)9(6-16)18-11/h7H,3-4H2,1-2H3,(H,19,20)/p-1/t7-,14-/m1/s1. The maximum atomic E-state index is 11.8. The number of fused-ring (bicyclic) bond motifs is 5. The number of aromatic nitrogens is 2. The van der Waals surface area contributed by atoms with Crippen LogP contribution in [-0.4, -0.2) is 15.9 Å². The molecule has 20 heavy (non-hydrogen) atoms. The van der Waals surface area contributed by atoms with Crippen molar-refractivity contribution in [1.29, 1.82) is 10.5 Å². The summed E-state index contributed by atoms with van der Waals surface area (Å²) in [6.07, 6.45) is 1.12. The molecule has 2 aliphatic rings. The van der Waals surface area contributed by atoms with Gasteiger partial charge in [-0.15, -0.1) is 0 Å². The number of hydrogen-bond acceptors (Lipinski definition) is 6. The van der Waals surface area contributed by atoms with Crippen LogP contribution in [0.5, 0.6) is 0 Å². The van der Waals surface area contributed by atoms with Gasteiger partial charge in [0, 0.05) is 5.92 Å². The summed E-state index contributed by atoms with van der Waals surface area (Å²) in [6.45, 7) is 3.73. The molecule has 2 bridgehead atoms. The molecular weight excluding hydrogens is 256 g/mol. The van der Waals surface area contributed by atoms with E-state index in [1.54, 1.807) is 0 Å². The monoisotopic (exact) mass is 267 g/mol. The summed E-state index contributed by atoms with van der Waals surface area (Å²) in [4.78, 5) is 20.1. The van der Waals surface area contributed by atoms with Crippen molar-refractivity contribution in [2.24, 2.45) is 5.41 Å². The lowest BCUT2D eigenvalue weighted by molar-refractivity contribution is -0.317. The molecule has 100 valence electrons. The van der Waals surface area contributed by atoms with Crippen LogP contribution in [0, 0.1) is 28.1 Å². The molecule has 0 unspecified atom stereocenters. The number of nitrogens with zero attached hydrogens (tertiary/aromatic N) is 4. The Morgan fingerprint density at radius 1 is 1.30 bits per heavy atom. The normalized spacial score (nSPS) is 28.5. The third-order valence-corrected chi connectivity index (χ3v) is 5.00. The predicted molar refractivity (Wildman–Crippen MR) is 63.9 cm³/mol. The molecule has 0 saturated heterocycles. The molecule has 3 rings (SSSR count). The van der Waals surface area contributed by atoms with E-state index in [1.165, 1.54) is 0 Å². The first-order chi connectivity index (χ1) is 9.40. The molecule has 0 aliphatic heterocycles. The van der Waals surface area contributed by atoms with E-state index in [0.717, 1.165) is 0 Å². The van der Waals surface area contributed by atoms with Crippen LogP contribution >= 0.6 is 0 Å². The highest BCUT2D eigenvalue weighted by Crippen LogP contribution is 2.66. The number of carbonyl (C=O) groups excluding carboxylic acids is 1. The topological polar surface area (TPSA) is 113 Å². The Morgan fingerprint density at radius 2 is 1.90 bits per heavy atom. The van der Waals surface area contributed by atoms with Crippen molar-refractivity contribution < 1.29 is 9.90 Å². The van der Waals surface area contributed by atoms with Crippen LogP contribution in [0.2, 0.25) is 0 Å². The van der Waals surface area contributed by atoms with Gasteiger partial charge in [0.1, 0.15) is 12.1 Å². The van der Waals surface area contributed by atoms with Crippen LogP contribution < -0.4 is 5.11 Å². The van der Waals surface area contributed by atoms with E-state index in [1.807, 2.05) is 26.0 Å². The van der Waals surface area contributed by atoms with Gasteiger partial charge in [-0.05, 0) is 18.3 Å². The molecule has 1 fully saturated rings. The van der Waals surface area contributed by atoms with Gasteiger partial charge in [0.15, 0.2) is 11.4 Å². The minimum absolute atomic E-state index is 0.0388. The number of hydrogen-bond donors (Lipinski definition) is 0. The van der Waals surface area contributed by atoms with Crippen molar-refractivity contribution in [3.8, 4) is 12.1 Å². The molecule has 0 N–H and O–H groups in total. The Hall–Kier alpha value is -2.47. The third kappa shape index (κ3) is 1.10. The molecule has 1 aromatic heterocycles. The molecule has 1 saturated carbocycles. The molecule has 0 radical (unpaired) electrons. The lowest BCUT2D eigenvalue weighted by atomic mass is 9.68. The van der Waals surface area contributed by atoms with Crippen molar-refractivity contribution >= 4 is 5.97 Å². The first-order valence-corrected chi connectivity index (χ1v) is 6.34. The fraction of sp³-hybridized carbons (Fsp3) is 0.500. The highest BCUT2D eigenvalue weighted by atomic mass is 16.4. The molecule has 0 spiro atoms. The fourth-order valence-electron chi connectivity index (χ4n) is 3.87. The van der Waals surface area contributed by atoms with E-state index in [4.69, 9.17) is 10.5 Å². The van der Waals surface area contributed by atoms with Crippen LogP contribution in [0.4, 0.5) is 0 Å². The zero-order valence-electron chi connectivity index (χ0n) is 11.1. The van der Waals surface area contributed by atoms with E-state index in [-0.39, 0.29) is 17.3 Å². The predicted octanol–water partition coefficient (Wildman–Crippen LogP) is 0.125. The fourth-order valence-corrected chi connectivity index (χ4v) is 3.87. The molecule has 6 nitrogen and oxygen atoms in total. The Balaban J connectivity index is 2.37. The van der Waals surface area contributed by atoms with Crippen LogP contribution in [0.3, 0.4) is 0 Å². The van der Waals surface area contributed by atoms with Crippen LogP contribution in [0.25, 0.3) is 0 Å². The van der Waals surface area contributed by atoms with E-state index in [2.05, 4.69) is 9.97 Å². The molecule has 6 heteroatoms. The quantitative estimate of drug-likeness (QED) is 0.714. The molecule has 1 aromatic rings. The second-order valence-electron chi connectivity index (χ2n) is 5.88. The van der Waals surface area contributed by atoms with Crippen molar-refractivity contribution in [2.45, 2.75) is 38.0 Å². The number of aliphatic carboxylic acids is 1. The summed E-state index contributed by atoms with van der Waals surface area (Å²) in [5, 5.41) is 29.8. The van der Waals surface area contributed by atoms with Gasteiger partial charge in [-0.1, -0.05) is 13.8 Å². The van der Waals surface area contributed by atoms with Crippen molar-refractivity contribution in [3.63, 3.8) is 0 Å². The van der Waals surface area contributed by atoms with Gasteiger partial charge >= 0.3 is 0 Å². The van der Waals surface area contributed by atoms with E-state index < -0.39 is 16.8 Å². The lowest BCUT2D eigenvalue weighted by Gasteiger charge is -2.38. The summed E-state index contributed by atoms with van der Waals surface area (Å²) < 4.78 is 0. The lowest BCUT2D eigenvalue weighted by Crippen LogP contribution is -2.51. The summed E-state index contributed by atoms with van der Waals surface area (Å²) >= 11 is 0. The van der Waals surface area contributed by atoms with E-state index in [0.29, 0.717) is 24.2 Å². The van der Waals surface area contributed by atoms with Gasteiger partial charge in [0.25, 0.3) is 0 Å². The molecular formula is C14H11N4O2-. The average molecular weight is 267 g/mol. The van der Waals surface area contributed by atoms with Crippen molar-refractivity contribution in [1.82, 2.24) is 9.97 Å². The molecule has 2 atom stereocenters. The van der Waals surface area contributed by atoms with Crippen molar-refractivity contribution in [2.75, 3.05) is 0 Å². The summed E-state index contributed by atoms with van der Waals surface area (Å²) in [5.74, 6) is -1.24. The van der Waals surface area contributed by atoms with E-state index in [9.17, 15) is 9.90 Å². The Bertz CT molecular complexity index is 726. The van der Waals surface area contributed by atoms with Gasteiger partial charge in [0.2, 0.25) is 0 Å². The Kier molecular flexibility index (Phi) is 2.23. The molecule has 0 aromatic carbocycles. The minimum atomic E-state index is -1.21. The van der Waals surface area contributed by atoms with Crippen LogP contribution in [0.15, 0.2) is 0 Å². The second kappa shape index (κ2) is 3.55. The van der Waals surface area contributed by atoms with E-state index >= 15 is 0 Å². The van der Waals surface area contributed by atoms with Gasteiger partial charge in [-0.3, -0.25) is 0 Å². The third-order valence-electron chi connectivity index (χ3n) is 5.00. The van der Waals surface area contributed by atoms with Crippen molar-refractivity contribution in [3.05, 3.63) is 22.8 Å². The number of nitriles is 2. The number of carbonyl (C=O) groups is 1. The van der Waals surface area contributed by atoms with Crippen LogP contribution in [0.1, 0.15) is 55.4 Å².